The van der Waals surface area contributed by atoms with Crippen molar-refractivity contribution >= 4 is 28.0 Å². The van der Waals surface area contributed by atoms with E-state index in [1.54, 1.807) is 11.3 Å². The average Bonchev–Trinajstić information content (AvgIpc) is 2.86. The van der Waals surface area contributed by atoms with Gasteiger partial charge in [-0.1, -0.05) is 6.92 Å². The molecule has 86 valence electrons. The Balaban J connectivity index is 2.14. The Labute approximate surface area is 103 Å². The predicted octanol–water partition coefficient (Wildman–Crippen LogP) is 2.90. The molecule has 0 aliphatic rings. The fourth-order valence-electron chi connectivity index (χ4n) is 1.30. The molecule has 0 aliphatic heterocycles. The molecule has 0 unspecified atom stereocenters. The van der Waals surface area contributed by atoms with E-state index >= 15 is 0 Å². The molecule has 0 radical (unpaired) electrons. The third kappa shape index (κ3) is 2.38. The van der Waals surface area contributed by atoms with Crippen LogP contribution in [0.25, 0.3) is 0 Å². The Morgan fingerprint density at radius 2 is 2.25 bits per heavy atom. The number of hydrogen-bond acceptors (Lipinski definition) is 6. The van der Waals surface area contributed by atoms with Gasteiger partial charge in [0.2, 0.25) is 5.13 Å². The molecule has 16 heavy (non-hydrogen) atoms. The van der Waals surface area contributed by atoms with E-state index < -0.39 is 0 Å². The predicted molar refractivity (Wildman–Crippen MR) is 68.0 cm³/mol. The third-order valence-electron chi connectivity index (χ3n) is 2.17. The first-order valence-electron chi connectivity index (χ1n) is 5.12. The summed E-state index contributed by atoms with van der Waals surface area (Å²) in [5.74, 6) is 0.891. The summed E-state index contributed by atoms with van der Waals surface area (Å²) < 4.78 is 4.25. The summed E-state index contributed by atoms with van der Waals surface area (Å²) in [6, 6.07) is 0. The van der Waals surface area contributed by atoms with Gasteiger partial charge >= 0.3 is 0 Å². The minimum atomic E-state index is -0.196. The average molecular weight is 254 g/mol. The molecule has 0 amide bonds. The van der Waals surface area contributed by atoms with Gasteiger partial charge < -0.3 is 5.32 Å². The summed E-state index contributed by atoms with van der Waals surface area (Å²) in [5.41, 5.74) is -0.196. The molecule has 0 bridgehead atoms. The Morgan fingerprint density at radius 1 is 1.44 bits per heavy atom. The van der Waals surface area contributed by atoms with Gasteiger partial charge in [-0.2, -0.15) is 4.37 Å². The van der Waals surface area contributed by atoms with Crippen LogP contribution in [-0.2, 0) is 12.0 Å². The molecular weight excluding hydrogens is 240 g/mol. The highest BCUT2D eigenvalue weighted by molar-refractivity contribution is 7.10. The summed E-state index contributed by atoms with van der Waals surface area (Å²) in [4.78, 5) is 8.72. The maximum absolute atomic E-state index is 4.40. The molecule has 0 saturated carbocycles. The lowest BCUT2D eigenvalue weighted by Gasteiger charge is -2.22. The summed E-state index contributed by atoms with van der Waals surface area (Å²) in [5, 5.41) is 7.27. The molecule has 2 aromatic heterocycles. The van der Waals surface area contributed by atoms with E-state index in [1.807, 2.05) is 11.6 Å². The molecule has 2 heterocycles. The van der Waals surface area contributed by atoms with Crippen LogP contribution in [0.15, 0.2) is 11.6 Å². The van der Waals surface area contributed by atoms with E-state index in [-0.39, 0.29) is 5.54 Å². The van der Waals surface area contributed by atoms with Crippen LogP contribution in [0.1, 0.15) is 31.6 Å². The molecule has 0 aromatic carbocycles. The minimum absolute atomic E-state index is 0.196. The van der Waals surface area contributed by atoms with Gasteiger partial charge in [-0.05, 0) is 13.8 Å². The largest absolute Gasteiger partial charge is 0.349 e. The van der Waals surface area contributed by atoms with Crippen molar-refractivity contribution < 1.29 is 0 Å². The maximum atomic E-state index is 4.40. The third-order valence-corrected chi connectivity index (χ3v) is 3.94. The fourth-order valence-corrected chi connectivity index (χ4v) is 2.83. The van der Waals surface area contributed by atoms with E-state index in [0.29, 0.717) is 0 Å². The van der Waals surface area contributed by atoms with Crippen LogP contribution in [0.5, 0.6) is 0 Å². The first-order chi connectivity index (χ1) is 7.62. The zero-order chi connectivity index (χ0) is 11.6. The molecule has 0 atom stereocenters. The minimum Gasteiger partial charge on any atom is -0.349 e. The molecular formula is C10H14N4S2. The quantitative estimate of drug-likeness (QED) is 0.911. The van der Waals surface area contributed by atoms with Crippen molar-refractivity contribution in [3.8, 4) is 0 Å². The van der Waals surface area contributed by atoms with Gasteiger partial charge in [0.15, 0.2) is 0 Å². The van der Waals surface area contributed by atoms with Gasteiger partial charge in [-0.15, -0.1) is 11.3 Å². The number of rotatable bonds is 4. The second-order valence-electron chi connectivity index (χ2n) is 3.96. The smallest absolute Gasteiger partial charge is 0.203 e. The molecule has 1 N–H and O–H groups in total. The highest BCUT2D eigenvalue weighted by Gasteiger charge is 2.24. The lowest BCUT2D eigenvalue weighted by Crippen LogP contribution is -2.27. The van der Waals surface area contributed by atoms with Crippen molar-refractivity contribution in [2.75, 3.05) is 5.32 Å². The summed E-state index contributed by atoms with van der Waals surface area (Å²) in [6.45, 7) is 6.25. The highest BCUT2D eigenvalue weighted by Crippen LogP contribution is 2.27. The summed E-state index contributed by atoms with van der Waals surface area (Å²) in [6.07, 6.45) is 2.69. The maximum Gasteiger partial charge on any atom is 0.203 e. The molecule has 0 aliphatic carbocycles. The van der Waals surface area contributed by atoms with Gasteiger partial charge in [0, 0.05) is 29.5 Å². The van der Waals surface area contributed by atoms with E-state index in [1.165, 1.54) is 11.5 Å². The number of aryl methyl sites for hydroxylation is 1. The van der Waals surface area contributed by atoms with Crippen molar-refractivity contribution in [3.63, 3.8) is 0 Å². The first kappa shape index (κ1) is 11.5. The first-order valence-corrected chi connectivity index (χ1v) is 6.78. The number of nitrogens with one attached hydrogen (secondary N) is 1. The number of aromatic nitrogens is 3. The van der Waals surface area contributed by atoms with Gasteiger partial charge in [0.05, 0.1) is 5.54 Å². The second-order valence-corrected chi connectivity index (χ2v) is 5.60. The summed E-state index contributed by atoms with van der Waals surface area (Å²) >= 11 is 3.05. The fraction of sp³-hybridized carbons (Fsp3) is 0.500. The standard InChI is InChI=1S/C10H14N4S2/c1-4-7-12-9(16-14-7)13-10(2,3)8-11-5-6-15-8/h5-6H,4H2,1-3H3,(H,12,13,14). The Hall–Kier alpha value is -1.01. The van der Waals surface area contributed by atoms with Crippen molar-refractivity contribution in [1.29, 1.82) is 0 Å². The Kier molecular flexibility index (Phi) is 3.20. The lowest BCUT2D eigenvalue weighted by molar-refractivity contribution is 0.603. The van der Waals surface area contributed by atoms with Gasteiger partial charge in [-0.25, -0.2) is 9.97 Å². The molecule has 0 spiro atoms. The van der Waals surface area contributed by atoms with Crippen LogP contribution in [-0.4, -0.2) is 14.3 Å². The molecule has 0 fully saturated rings. The SMILES string of the molecule is CCc1nsc(NC(C)(C)c2nccs2)n1. The van der Waals surface area contributed by atoms with Gasteiger partial charge in [0.25, 0.3) is 0 Å². The van der Waals surface area contributed by atoms with Crippen molar-refractivity contribution in [2.45, 2.75) is 32.7 Å². The molecule has 6 heteroatoms. The summed E-state index contributed by atoms with van der Waals surface area (Å²) in [7, 11) is 0. The molecule has 4 nitrogen and oxygen atoms in total. The monoisotopic (exact) mass is 254 g/mol. The van der Waals surface area contributed by atoms with E-state index in [2.05, 4.69) is 40.4 Å². The van der Waals surface area contributed by atoms with E-state index in [0.717, 1.165) is 22.4 Å². The van der Waals surface area contributed by atoms with Crippen LogP contribution >= 0.6 is 22.9 Å². The lowest BCUT2D eigenvalue weighted by atomic mass is 10.1. The normalized spacial score (nSPS) is 11.7. The number of thiazole rings is 1. The van der Waals surface area contributed by atoms with Gasteiger partial charge in [-0.3, -0.25) is 0 Å². The molecule has 0 saturated heterocycles. The van der Waals surface area contributed by atoms with Crippen LogP contribution < -0.4 is 5.32 Å². The van der Waals surface area contributed by atoms with Crippen molar-refractivity contribution in [2.24, 2.45) is 0 Å². The molecule has 2 aromatic rings. The number of nitrogens with zero attached hydrogens (tertiary/aromatic N) is 3. The van der Waals surface area contributed by atoms with Crippen LogP contribution in [0.2, 0.25) is 0 Å². The number of hydrogen-bond donors (Lipinski definition) is 1. The van der Waals surface area contributed by atoms with E-state index in [9.17, 15) is 0 Å². The number of anilines is 1. The zero-order valence-corrected chi connectivity index (χ0v) is 11.2. The van der Waals surface area contributed by atoms with E-state index in [4.69, 9.17) is 0 Å². The topological polar surface area (TPSA) is 50.7 Å². The van der Waals surface area contributed by atoms with Crippen molar-refractivity contribution in [3.05, 3.63) is 22.4 Å². The van der Waals surface area contributed by atoms with Crippen molar-refractivity contribution in [1.82, 2.24) is 14.3 Å². The van der Waals surface area contributed by atoms with Crippen LogP contribution in [0.3, 0.4) is 0 Å². The van der Waals surface area contributed by atoms with Crippen LogP contribution in [0.4, 0.5) is 5.13 Å². The Morgan fingerprint density at radius 3 is 2.81 bits per heavy atom. The Bertz CT molecular complexity index is 447. The van der Waals surface area contributed by atoms with Crippen LogP contribution in [0, 0.1) is 0 Å². The second kappa shape index (κ2) is 4.47. The highest BCUT2D eigenvalue weighted by atomic mass is 32.1. The zero-order valence-electron chi connectivity index (χ0n) is 9.52. The molecule has 2 rings (SSSR count). The van der Waals surface area contributed by atoms with Gasteiger partial charge in [0.1, 0.15) is 10.8 Å².